The Morgan fingerprint density at radius 1 is 1.53 bits per heavy atom. The molecule has 1 aromatic rings. The molecule has 17 heavy (non-hydrogen) atoms. The molecule has 1 atom stereocenters. The van der Waals surface area contributed by atoms with Gasteiger partial charge >= 0.3 is 0 Å². The third-order valence-corrected chi connectivity index (χ3v) is 3.46. The quantitative estimate of drug-likeness (QED) is 0.928. The normalized spacial score (nSPS) is 16.4. The molecular formula is C13H16BrNO2. The van der Waals surface area contributed by atoms with Gasteiger partial charge in [0.1, 0.15) is 5.75 Å². The fraction of sp³-hybridized carbons (Fsp3) is 0.462. The van der Waals surface area contributed by atoms with Gasteiger partial charge in [-0.25, -0.2) is 0 Å². The van der Waals surface area contributed by atoms with E-state index in [4.69, 9.17) is 4.74 Å². The van der Waals surface area contributed by atoms with E-state index < -0.39 is 0 Å². The van der Waals surface area contributed by atoms with E-state index in [9.17, 15) is 4.79 Å². The van der Waals surface area contributed by atoms with Gasteiger partial charge in [-0.05, 0) is 31.9 Å². The van der Waals surface area contributed by atoms with Gasteiger partial charge in [0.05, 0.1) is 13.2 Å². The Labute approximate surface area is 110 Å². The molecule has 0 unspecified atom stereocenters. The van der Waals surface area contributed by atoms with Gasteiger partial charge in [0.15, 0.2) is 0 Å². The Kier molecular flexibility index (Phi) is 3.72. The van der Waals surface area contributed by atoms with E-state index in [1.165, 1.54) is 0 Å². The molecule has 0 radical (unpaired) electrons. The Balaban J connectivity index is 2.11. The Hall–Kier alpha value is -1.03. The minimum Gasteiger partial charge on any atom is -0.496 e. The average Bonchev–Trinajstić information content (AvgIpc) is 3.12. The summed E-state index contributed by atoms with van der Waals surface area (Å²) in [6.45, 7) is 1.98. The Morgan fingerprint density at radius 2 is 2.24 bits per heavy atom. The first-order chi connectivity index (χ1) is 8.11. The molecule has 92 valence electrons. The SMILES string of the molecule is COc1cc(Br)ccc1[C@H](C)NC(=O)C1CC1. The number of nitrogens with one attached hydrogen (secondary N) is 1. The summed E-state index contributed by atoms with van der Waals surface area (Å²) in [7, 11) is 1.64. The van der Waals surface area contributed by atoms with E-state index in [-0.39, 0.29) is 17.9 Å². The lowest BCUT2D eigenvalue weighted by Gasteiger charge is -2.17. The maximum atomic E-state index is 11.7. The number of hydrogen-bond acceptors (Lipinski definition) is 2. The summed E-state index contributed by atoms with van der Waals surface area (Å²) in [5.74, 6) is 1.18. The molecule has 0 aromatic heterocycles. The van der Waals surface area contributed by atoms with Crippen LogP contribution in [0.5, 0.6) is 5.75 Å². The van der Waals surface area contributed by atoms with Crippen LogP contribution in [0.1, 0.15) is 31.4 Å². The number of halogens is 1. The Morgan fingerprint density at radius 3 is 2.82 bits per heavy atom. The number of ether oxygens (including phenoxy) is 1. The zero-order chi connectivity index (χ0) is 12.4. The summed E-state index contributed by atoms with van der Waals surface area (Å²) < 4.78 is 6.29. The van der Waals surface area contributed by atoms with Crippen LogP contribution in [0.2, 0.25) is 0 Å². The second kappa shape index (κ2) is 5.08. The highest BCUT2D eigenvalue weighted by Gasteiger charge is 2.30. The molecule has 4 heteroatoms. The fourth-order valence-electron chi connectivity index (χ4n) is 1.80. The van der Waals surface area contributed by atoms with Crippen LogP contribution in [0.15, 0.2) is 22.7 Å². The van der Waals surface area contributed by atoms with Gasteiger partial charge in [-0.3, -0.25) is 4.79 Å². The smallest absolute Gasteiger partial charge is 0.223 e. The maximum Gasteiger partial charge on any atom is 0.223 e. The molecule has 1 amide bonds. The van der Waals surface area contributed by atoms with E-state index in [2.05, 4.69) is 21.2 Å². The van der Waals surface area contributed by atoms with Crippen molar-refractivity contribution in [2.24, 2.45) is 5.92 Å². The van der Waals surface area contributed by atoms with E-state index in [1.807, 2.05) is 25.1 Å². The maximum absolute atomic E-state index is 11.7. The molecule has 1 aliphatic rings. The summed E-state index contributed by atoms with van der Waals surface area (Å²) in [4.78, 5) is 11.7. The molecule has 3 nitrogen and oxygen atoms in total. The van der Waals surface area contributed by atoms with Crippen LogP contribution in [-0.4, -0.2) is 13.0 Å². The molecule has 1 aliphatic carbocycles. The molecule has 1 aromatic carbocycles. The van der Waals surface area contributed by atoms with Gasteiger partial charge in [-0.15, -0.1) is 0 Å². The van der Waals surface area contributed by atoms with Crippen LogP contribution in [0.3, 0.4) is 0 Å². The van der Waals surface area contributed by atoms with Gasteiger partial charge in [0.25, 0.3) is 0 Å². The van der Waals surface area contributed by atoms with Gasteiger partial charge in [-0.1, -0.05) is 22.0 Å². The molecule has 0 aliphatic heterocycles. The highest BCUT2D eigenvalue weighted by Crippen LogP contribution is 2.32. The van der Waals surface area contributed by atoms with Crippen LogP contribution < -0.4 is 10.1 Å². The summed E-state index contributed by atoms with van der Waals surface area (Å²) in [5, 5.41) is 3.02. The second-order valence-corrected chi connectivity index (χ2v) is 5.31. The number of amides is 1. The summed E-state index contributed by atoms with van der Waals surface area (Å²) in [5.41, 5.74) is 1.00. The number of carbonyl (C=O) groups is 1. The Bertz CT molecular complexity index is 429. The molecule has 1 saturated carbocycles. The molecule has 0 heterocycles. The molecule has 1 N–H and O–H groups in total. The minimum absolute atomic E-state index is 0.0221. The highest BCUT2D eigenvalue weighted by molar-refractivity contribution is 9.10. The highest BCUT2D eigenvalue weighted by atomic mass is 79.9. The minimum atomic E-state index is -0.0221. The third-order valence-electron chi connectivity index (χ3n) is 2.97. The number of methoxy groups -OCH3 is 1. The number of hydrogen-bond donors (Lipinski definition) is 1. The summed E-state index contributed by atoms with van der Waals surface area (Å²) >= 11 is 3.40. The van der Waals surface area contributed by atoms with Crippen LogP contribution in [0, 0.1) is 5.92 Å². The van der Waals surface area contributed by atoms with Crippen molar-refractivity contribution in [3.63, 3.8) is 0 Å². The molecule has 0 spiro atoms. The van der Waals surface area contributed by atoms with E-state index in [0.29, 0.717) is 0 Å². The van der Waals surface area contributed by atoms with Crippen molar-refractivity contribution < 1.29 is 9.53 Å². The van der Waals surface area contributed by atoms with Crippen molar-refractivity contribution in [2.45, 2.75) is 25.8 Å². The van der Waals surface area contributed by atoms with Crippen LogP contribution in [0.4, 0.5) is 0 Å². The average molecular weight is 298 g/mol. The number of rotatable bonds is 4. The predicted molar refractivity (Wildman–Crippen MR) is 70.0 cm³/mol. The van der Waals surface area contributed by atoms with Gasteiger partial charge < -0.3 is 10.1 Å². The van der Waals surface area contributed by atoms with Crippen molar-refractivity contribution in [2.75, 3.05) is 7.11 Å². The number of carbonyl (C=O) groups excluding carboxylic acids is 1. The fourth-order valence-corrected chi connectivity index (χ4v) is 2.14. The van der Waals surface area contributed by atoms with Crippen molar-refractivity contribution in [3.05, 3.63) is 28.2 Å². The largest absolute Gasteiger partial charge is 0.496 e. The van der Waals surface area contributed by atoms with Crippen molar-refractivity contribution in [3.8, 4) is 5.75 Å². The first kappa shape index (κ1) is 12.4. The lowest BCUT2D eigenvalue weighted by Crippen LogP contribution is -2.28. The summed E-state index contributed by atoms with van der Waals surface area (Å²) in [6, 6.07) is 5.82. The van der Waals surface area contributed by atoms with Crippen molar-refractivity contribution >= 4 is 21.8 Å². The molecule has 1 fully saturated rings. The lowest BCUT2D eigenvalue weighted by atomic mass is 10.1. The van der Waals surface area contributed by atoms with E-state index in [0.717, 1.165) is 28.6 Å². The van der Waals surface area contributed by atoms with Crippen LogP contribution in [-0.2, 0) is 4.79 Å². The van der Waals surface area contributed by atoms with Crippen molar-refractivity contribution in [1.82, 2.24) is 5.32 Å². The molecule has 2 rings (SSSR count). The topological polar surface area (TPSA) is 38.3 Å². The van der Waals surface area contributed by atoms with Crippen molar-refractivity contribution in [1.29, 1.82) is 0 Å². The van der Waals surface area contributed by atoms with Crippen LogP contribution >= 0.6 is 15.9 Å². The lowest BCUT2D eigenvalue weighted by molar-refractivity contribution is -0.122. The number of benzene rings is 1. The first-order valence-corrected chi connectivity index (χ1v) is 6.55. The van der Waals surface area contributed by atoms with Gasteiger partial charge in [-0.2, -0.15) is 0 Å². The van der Waals surface area contributed by atoms with Gasteiger partial charge in [0.2, 0.25) is 5.91 Å². The first-order valence-electron chi connectivity index (χ1n) is 5.75. The third kappa shape index (κ3) is 3.00. The monoisotopic (exact) mass is 297 g/mol. The summed E-state index contributed by atoms with van der Waals surface area (Å²) in [6.07, 6.45) is 2.05. The molecule has 0 bridgehead atoms. The predicted octanol–water partition coefficient (Wildman–Crippen LogP) is 3.04. The zero-order valence-electron chi connectivity index (χ0n) is 10.00. The standard InChI is InChI=1S/C13H16BrNO2/c1-8(15-13(16)9-3-4-9)11-6-5-10(14)7-12(11)17-2/h5-9H,3-4H2,1-2H3,(H,15,16)/t8-/m0/s1. The van der Waals surface area contributed by atoms with Gasteiger partial charge in [0, 0.05) is 16.0 Å². The van der Waals surface area contributed by atoms with E-state index in [1.54, 1.807) is 7.11 Å². The van der Waals surface area contributed by atoms with Crippen LogP contribution in [0.25, 0.3) is 0 Å². The second-order valence-electron chi connectivity index (χ2n) is 4.39. The zero-order valence-corrected chi connectivity index (χ0v) is 11.6. The molecule has 0 saturated heterocycles. The molecular weight excluding hydrogens is 282 g/mol. The van der Waals surface area contributed by atoms with E-state index >= 15 is 0 Å².